The standard InChI is InChI=1S/C23H29NO8S/c1-12-13(5-6-19(26)24-15-10-33(28,29)11-16(15)25)22(27)31-21-14-7-8-23(2,3)32-17(14)9-18(30-4)20(12)21/h9,15-16,25H,5-8,10-11H2,1-4H3,(H,24,26)/t15-,16+/m1/s1. The Morgan fingerprint density at radius 2 is 2.06 bits per heavy atom. The van der Waals surface area contributed by atoms with E-state index in [1.54, 1.807) is 6.92 Å². The van der Waals surface area contributed by atoms with E-state index < -0.39 is 33.5 Å². The van der Waals surface area contributed by atoms with Crippen molar-refractivity contribution in [1.29, 1.82) is 0 Å². The van der Waals surface area contributed by atoms with Gasteiger partial charge in [-0.1, -0.05) is 0 Å². The van der Waals surface area contributed by atoms with Crippen molar-refractivity contribution in [3.05, 3.63) is 33.2 Å². The van der Waals surface area contributed by atoms with Gasteiger partial charge in [0.1, 0.15) is 22.7 Å². The molecule has 0 unspecified atom stereocenters. The molecule has 2 aromatic rings. The van der Waals surface area contributed by atoms with Crippen LogP contribution in [0.1, 0.15) is 43.4 Å². The first-order chi connectivity index (χ1) is 15.4. The van der Waals surface area contributed by atoms with E-state index in [1.807, 2.05) is 19.9 Å². The molecule has 0 aliphatic carbocycles. The van der Waals surface area contributed by atoms with Crippen LogP contribution < -0.4 is 20.4 Å². The summed E-state index contributed by atoms with van der Waals surface area (Å²) < 4.78 is 40.7. The predicted octanol–water partition coefficient (Wildman–Crippen LogP) is 1.42. The number of methoxy groups -OCH3 is 1. The molecule has 2 aliphatic heterocycles. The number of amides is 1. The molecule has 1 aromatic carbocycles. The minimum atomic E-state index is -3.37. The van der Waals surface area contributed by atoms with Crippen molar-refractivity contribution in [3.63, 3.8) is 0 Å². The number of carbonyl (C=O) groups excluding carboxylic acids is 1. The SMILES string of the molecule is COc1cc2c(c3oc(=O)c(CCC(=O)N[C@@H]4CS(=O)(=O)C[C@@H]4O)c(C)c13)CCC(C)(C)O2. The van der Waals surface area contributed by atoms with Gasteiger partial charge >= 0.3 is 5.63 Å². The van der Waals surface area contributed by atoms with E-state index in [-0.39, 0.29) is 29.9 Å². The second-order valence-electron chi connectivity index (χ2n) is 9.43. The summed E-state index contributed by atoms with van der Waals surface area (Å²) in [6.07, 6.45) is 0.392. The molecule has 2 aliphatic rings. The highest BCUT2D eigenvalue weighted by Gasteiger charge is 2.37. The van der Waals surface area contributed by atoms with Crippen molar-refractivity contribution >= 4 is 26.7 Å². The molecule has 1 saturated heterocycles. The largest absolute Gasteiger partial charge is 0.496 e. The summed E-state index contributed by atoms with van der Waals surface area (Å²) in [6, 6.07) is 0.969. The fourth-order valence-corrected chi connectivity index (χ4v) is 6.36. The van der Waals surface area contributed by atoms with Gasteiger partial charge in [0.25, 0.3) is 0 Å². The number of hydrogen-bond acceptors (Lipinski definition) is 8. The Bertz CT molecular complexity index is 1280. The van der Waals surface area contributed by atoms with Crippen LogP contribution in [0.2, 0.25) is 0 Å². The molecule has 0 radical (unpaired) electrons. The second kappa shape index (κ2) is 8.32. The maximum Gasteiger partial charge on any atom is 0.339 e. The number of aliphatic hydroxyl groups excluding tert-OH is 1. The molecule has 2 atom stereocenters. The third-order valence-electron chi connectivity index (χ3n) is 6.43. The topological polar surface area (TPSA) is 132 Å². The van der Waals surface area contributed by atoms with Crippen molar-refractivity contribution in [3.8, 4) is 11.5 Å². The molecule has 0 spiro atoms. The minimum absolute atomic E-state index is 0.0507. The summed E-state index contributed by atoms with van der Waals surface area (Å²) in [6.45, 7) is 5.80. The number of fused-ring (bicyclic) bond motifs is 3. The normalized spacial score (nSPS) is 23.1. The van der Waals surface area contributed by atoms with Gasteiger partial charge in [-0.25, -0.2) is 13.2 Å². The van der Waals surface area contributed by atoms with E-state index in [0.29, 0.717) is 40.0 Å². The molecule has 3 heterocycles. The van der Waals surface area contributed by atoms with Crippen LogP contribution in [0.25, 0.3) is 11.0 Å². The lowest BCUT2D eigenvalue weighted by Crippen LogP contribution is -2.42. The maximum absolute atomic E-state index is 12.9. The van der Waals surface area contributed by atoms with Crippen LogP contribution in [0.5, 0.6) is 11.5 Å². The third kappa shape index (κ3) is 4.59. The quantitative estimate of drug-likeness (QED) is 0.616. The van der Waals surface area contributed by atoms with Crippen molar-refractivity contribution in [2.24, 2.45) is 0 Å². The highest BCUT2D eigenvalue weighted by molar-refractivity contribution is 7.91. The van der Waals surface area contributed by atoms with E-state index >= 15 is 0 Å². The van der Waals surface area contributed by atoms with Crippen LogP contribution in [0.15, 0.2) is 15.3 Å². The average molecular weight is 480 g/mol. The highest BCUT2D eigenvalue weighted by atomic mass is 32.2. The first-order valence-electron chi connectivity index (χ1n) is 10.9. The Balaban J connectivity index is 1.62. The van der Waals surface area contributed by atoms with Crippen LogP contribution in [-0.4, -0.2) is 55.8 Å². The molecule has 1 aromatic heterocycles. The molecule has 2 N–H and O–H groups in total. The summed E-state index contributed by atoms with van der Waals surface area (Å²) in [5.41, 5.74) is 1.42. The summed E-state index contributed by atoms with van der Waals surface area (Å²) in [5, 5.41) is 13.1. The second-order valence-corrected chi connectivity index (χ2v) is 11.6. The van der Waals surface area contributed by atoms with Crippen molar-refractivity contribution in [2.75, 3.05) is 18.6 Å². The van der Waals surface area contributed by atoms with Gasteiger partial charge in [0.05, 0.1) is 36.1 Å². The van der Waals surface area contributed by atoms with Crippen LogP contribution >= 0.6 is 0 Å². The van der Waals surface area contributed by atoms with Gasteiger partial charge in [0, 0.05) is 23.6 Å². The number of hydrogen-bond donors (Lipinski definition) is 2. The lowest BCUT2D eigenvalue weighted by molar-refractivity contribution is -0.122. The van der Waals surface area contributed by atoms with Crippen LogP contribution in [-0.2, 0) is 27.5 Å². The van der Waals surface area contributed by atoms with Gasteiger partial charge in [-0.2, -0.15) is 0 Å². The van der Waals surface area contributed by atoms with Crippen LogP contribution in [0.4, 0.5) is 0 Å². The molecule has 33 heavy (non-hydrogen) atoms. The smallest absolute Gasteiger partial charge is 0.339 e. The Kier molecular flexibility index (Phi) is 5.94. The van der Waals surface area contributed by atoms with Crippen LogP contribution in [0, 0.1) is 6.92 Å². The molecule has 1 amide bonds. The van der Waals surface area contributed by atoms with Gasteiger partial charge in [0.2, 0.25) is 5.91 Å². The van der Waals surface area contributed by atoms with Crippen molar-refractivity contribution in [1.82, 2.24) is 5.32 Å². The number of ether oxygens (including phenoxy) is 2. The highest BCUT2D eigenvalue weighted by Crippen LogP contribution is 2.43. The molecule has 9 nitrogen and oxygen atoms in total. The van der Waals surface area contributed by atoms with Gasteiger partial charge < -0.3 is 24.3 Å². The van der Waals surface area contributed by atoms with Crippen LogP contribution in [0.3, 0.4) is 0 Å². The minimum Gasteiger partial charge on any atom is -0.496 e. The van der Waals surface area contributed by atoms with E-state index in [2.05, 4.69) is 5.32 Å². The Morgan fingerprint density at radius 3 is 2.70 bits per heavy atom. The zero-order chi connectivity index (χ0) is 24.1. The predicted molar refractivity (Wildman–Crippen MR) is 122 cm³/mol. The number of nitrogens with one attached hydrogen (secondary N) is 1. The van der Waals surface area contributed by atoms with E-state index in [9.17, 15) is 23.1 Å². The molecular formula is C23H29NO8S. The molecule has 0 saturated carbocycles. The average Bonchev–Trinajstić information content (AvgIpc) is 2.96. The number of benzene rings is 1. The Morgan fingerprint density at radius 1 is 1.33 bits per heavy atom. The first-order valence-corrected chi connectivity index (χ1v) is 12.8. The number of aliphatic hydroxyl groups is 1. The number of rotatable bonds is 5. The van der Waals surface area contributed by atoms with Crippen molar-refractivity contribution < 1.29 is 32.2 Å². The Labute approximate surface area is 192 Å². The lowest BCUT2D eigenvalue weighted by Gasteiger charge is -2.33. The summed E-state index contributed by atoms with van der Waals surface area (Å²) >= 11 is 0. The molecule has 180 valence electrons. The third-order valence-corrected chi connectivity index (χ3v) is 8.15. The zero-order valence-corrected chi connectivity index (χ0v) is 20.0. The summed E-state index contributed by atoms with van der Waals surface area (Å²) in [7, 11) is -1.84. The molecule has 1 fully saturated rings. The first kappa shape index (κ1) is 23.6. The molecular weight excluding hydrogens is 450 g/mol. The molecule has 4 rings (SSSR count). The zero-order valence-electron chi connectivity index (χ0n) is 19.2. The van der Waals surface area contributed by atoms with E-state index in [4.69, 9.17) is 13.9 Å². The maximum atomic E-state index is 12.9. The fourth-order valence-electron chi connectivity index (χ4n) is 4.62. The van der Waals surface area contributed by atoms with E-state index in [1.165, 1.54) is 7.11 Å². The van der Waals surface area contributed by atoms with Gasteiger partial charge in [0.15, 0.2) is 9.84 Å². The van der Waals surface area contributed by atoms with Gasteiger partial charge in [-0.15, -0.1) is 0 Å². The van der Waals surface area contributed by atoms with E-state index in [0.717, 1.165) is 12.0 Å². The number of carbonyl (C=O) groups is 1. The van der Waals surface area contributed by atoms with Gasteiger partial charge in [-0.3, -0.25) is 4.79 Å². The lowest BCUT2D eigenvalue weighted by atomic mass is 9.91. The molecule has 10 heteroatoms. The van der Waals surface area contributed by atoms with Crippen molar-refractivity contribution in [2.45, 2.75) is 64.2 Å². The van der Waals surface area contributed by atoms with Gasteiger partial charge in [-0.05, 0) is 45.6 Å². The summed E-state index contributed by atoms with van der Waals surface area (Å²) in [4.78, 5) is 25.3. The number of sulfone groups is 1. The summed E-state index contributed by atoms with van der Waals surface area (Å²) in [5.74, 6) is 0.0558. The fraction of sp³-hybridized carbons (Fsp3) is 0.565. The Hall–Kier alpha value is -2.59. The monoisotopic (exact) mass is 479 g/mol. The number of aryl methyl sites for hydroxylation is 2. The molecule has 0 bridgehead atoms.